The van der Waals surface area contributed by atoms with Crippen molar-refractivity contribution in [2.45, 2.75) is 38.8 Å². The van der Waals surface area contributed by atoms with Gasteiger partial charge in [-0.15, -0.1) is 0 Å². The summed E-state index contributed by atoms with van der Waals surface area (Å²) in [5, 5.41) is 7.23. The maximum absolute atomic E-state index is 5.78. The first-order valence-electron chi connectivity index (χ1n) is 7.25. The molecule has 0 saturated carbocycles. The Morgan fingerprint density at radius 2 is 2.35 bits per heavy atom. The maximum atomic E-state index is 5.78. The molecule has 4 heteroatoms. The van der Waals surface area contributed by atoms with Crippen LogP contribution < -0.4 is 10.1 Å². The Bertz CT molecular complexity index is 552. The fourth-order valence-electron chi connectivity index (χ4n) is 2.80. The van der Waals surface area contributed by atoms with Crippen LogP contribution in [0.3, 0.4) is 0 Å². The quantitative estimate of drug-likeness (QED) is 0.907. The SMILES string of the molecule is CCNC1CCCc2ccc(OCc3ccno3)cc21. The molecule has 2 aromatic rings. The predicted molar refractivity (Wildman–Crippen MR) is 76.6 cm³/mol. The lowest BCUT2D eigenvalue weighted by molar-refractivity contribution is 0.248. The number of nitrogens with one attached hydrogen (secondary N) is 1. The lowest BCUT2D eigenvalue weighted by atomic mass is 9.87. The molecule has 1 aromatic heterocycles. The van der Waals surface area contributed by atoms with Gasteiger partial charge in [-0.1, -0.05) is 18.1 Å². The molecule has 1 atom stereocenters. The molecular weight excluding hydrogens is 252 g/mol. The van der Waals surface area contributed by atoms with E-state index in [-0.39, 0.29) is 0 Å². The third-order valence-electron chi connectivity index (χ3n) is 3.75. The first-order valence-corrected chi connectivity index (χ1v) is 7.25. The Labute approximate surface area is 119 Å². The van der Waals surface area contributed by atoms with E-state index in [2.05, 4.69) is 29.5 Å². The van der Waals surface area contributed by atoms with E-state index in [4.69, 9.17) is 9.26 Å². The number of fused-ring (bicyclic) bond motifs is 1. The minimum Gasteiger partial charge on any atom is -0.486 e. The van der Waals surface area contributed by atoms with Crippen LogP contribution in [-0.4, -0.2) is 11.7 Å². The molecular formula is C16H20N2O2. The Balaban J connectivity index is 1.74. The second kappa shape index (κ2) is 6.09. The largest absolute Gasteiger partial charge is 0.486 e. The molecule has 106 valence electrons. The zero-order valence-electron chi connectivity index (χ0n) is 11.8. The molecule has 1 aromatic carbocycles. The third kappa shape index (κ3) is 2.85. The molecule has 1 unspecified atom stereocenters. The zero-order valence-corrected chi connectivity index (χ0v) is 11.8. The fraction of sp³-hybridized carbons (Fsp3) is 0.438. The van der Waals surface area contributed by atoms with Crippen molar-refractivity contribution in [2.75, 3.05) is 6.54 Å². The van der Waals surface area contributed by atoms with E-state index in [1.54, 1.807) is 6.20 Å². The number of aromatic nitrogens is 1. The molecule has 1 aliphatic rings. The molecule has 0 bridgehead atoms. The molecule has 1 heterocycles. The lowest BCUT2D eigenvalue weighted by Crippen LogP contribution is -2.24. The summed E-state index contributed by atoms with van der Waals surface area (Å²) in [5.74, 6) is 1.64. The third-order valence-corrected chi connectivity index (χ3v) is 3.75. The summed E-state index contributed by atoms with van der Waals surface area (Å²) in [7, 11) is 0. The summed E-state index contributed by atoms with van der Waals surface area (Å²) < 4.78 is 10.8. The molecule has 1 N–H and O–H groups in total. The van der Waals surface area contributed by atoms with Crippen molar-refractivity contribution in [3.63, 3.8) is 0 Å². The van der Waals surface area contributed by atoms with Gasteiger partial charge >= 0.3 is 0 Å². The van der Waals surface area contributed by atoms with Gasteiger partial charge < -0.3 is 14.6 Å². The van der Waals surface area contributed by atoms with Crippen LogP contribution in [0.2, 0.25) is 0 Å². The van der Waals surface area contributed by atoms with Crippen LogP contribution in [-0.2, 0) is 13.0 Å². The van der Waals surface area contributed by atoms with Gasteiger partial charge in [0.25, 0.3) is 0 Å². The molecule has 0 radical (unpaired) electrons. The molecule has 0 saturated heterocycles. The molecule has 1 aliphatic carbocycles. The predicted octanol–water partition coefficient (Wildman–Crippen LogP) is 3.24. The Morgan fingerprint density at radius 3 is 3.15 bits per heavy atom. The standard InChI is InChI=1S/C16H20N2O2/c1-2-17-16-5-3-4-12-6-7-13(10-15(12)16)19-11-14-8-9-18-20-14/h6-10,16-17H,2-5,11H2,1H3. The maximum Gasteiger partial charge on any atom is 0.174 e. The van der Waals surface area contributed by atoms with Crippen molar-refractivity contribution in [2.24, 2.45) is 0 Å². The second-order valence-corrected chi connectivity index (χ2v) is 5.13. The van der Waals surface area contributed by atoms with E-state index in [9.17, 15) is 0 Å². The minimum atomic E-state index is 0.421. The van der Waals surface area contributed by atoms with Crippen LogP contribution in [0, 0.1) is 0 Å². The lowest BCUT2D eigenvalue weighted by Gasteiger charge is -2.26. The summed E-state index contributed by atoms with van der Waals surface area (Å²) in [4.78, 5) is 0. The van der Waals surface area contributed by atoms with Crippen LogP contribution in [0.4, 0.5) is 0 Å². The van der Waals surface area contributed by atoms with E-state index < -0.39 is 0 Å². The first kappa shape index (κ1) is 13.2. The van der Waals surface area contributed by atoms with Gasteiger partial charge in [0.2, 0.25) is 0 Å². The number of ether oxygens (including phenoxy) is 1. The van der Waals surface area contributed by atoms with Crippen molar-refractivity contribution in [1.29, 1.82) is 0 Å². The molecule has 3 rings (SSSR count). The van der Waals surface area contributed by atoms with Gasteiger partial charge in [0.15, 0.2) is 5.76 Å². The number of nitrogens with zero attached hydrogens (tertiary/aromatic N) is 1. The van der Waals surface area contributed by atoms with Gasteiger partial charge in [-0.2, -0.15) is 0 Å². The summed E-state index contributed by atoms with van der Waals surface area (Å²) in [6.45, 7) is 3.57. The summed E-state index contributed by atoms with van der Waals surface area (Å²) in [6.07, 6.45) is 5.25. The summed E-state index contributed by atoms with van der Waals surface area (Å²) in [6, 6.07) is 8.67. The number of hydrogen-bond donors (Lipinski definition) is 1. The average molecular weight is 272 g/mol. The van der Waals surface area contributed by atoms with Gasteiger partial charge in [0, 0.05) is 12.1 Å². The van der Waals surface area contributed by atoms with E-state index in [0.717, 1.165) is 18.1 Å². The number of benzene rings is 1. The number of aryl methyl sites for hydroxylation is 1. The van der Waals surface area contributed by atoms with Gasteiger partial charge in [-0.3, -0.25) is 0 Å². The van der Waals surface area contributed by atoms with Crippen molar-refractivity contribution >= 4 is 0 Å². The van der Waals surface area contributed by atoms with E-state index in [1.807, 2.05) is 12.1 Å². The molecule has 0 spiro atoms. The van der Waals surface area contributed by atoms with Crippen molar-refractivity contribution in [3.05, 3.63) is 47.3 Å². The van der Waals surface area contributed by atoms with Crippen LogP contribution in [0.1, 0.15) is 42.7 Å². The van der Waals surface area contributed by atoms with Gasteiger partial charge in [0.1, 0.15) is 12.4 Å². The first-order chi connectivity index (χ1) is 9.86. The fourth-order valence-corrected chi connectivity index (χ4v) is 2.80. The highest BCUT2D eigenvalue weighted by molar-refractivity contribution is 5.39. The average Bonchev–Trinajstić information content (AvgIpc) is 2.99. The molecule has 4 nitrogen and oxygen atoms in total. The van der Waals surface area contributed by atoms with Crippen LogP contribution in [0.25, 0.3) is 0 Å². The van der Waals surface area contributed by atoms with E-state index in [0.29, 0.717) is 12.6 Å². The highest BCUT2D eigenvalue weighted by atomic mass is 16.5. The molecule has 0 amide bonds. The van der Waals surface area contributed by atoms with Gasteiger partial charge in [0.05, 0.1) is 6.20 Å². The molecule has 0 aliphatic heterocycles. The van der Waals surface area contributed by atoms with Crippen molar-refractivity contribution < 1.29 is 9.26 Å². The highest BCUT2D eigenvalue weighted by Gasteiger charge is 2.19. The smallest absolute Gasteiger partial charge is 0.174 e. The zero-order chi connectivity index (χ0) is 13.8. The monoisotopic (exact) mass is 272 g/mol. The van der Waals surface area contributed by atoms with Crippen molar-refractivity contribution in [3.8, 4) is 5.75 Å². The minimum absolute atomic E-state index is 0.421. The summed E-state index contributed by atoms with van der Waals surface area (Å²) in [5.41, 5.74) is 2.82. The van der Waals surface area contributed by atoms with Crippen LogP contribution >= 0.6 is 0 Å². The number of hydrogen-bond acceptors (Lipinski definition) is 4. The van der Waals surface area contributed by atoms with Crippen LogP contribution in [0.5, 0.6) is 5.75 Å². The Hall–Kier alpha value is -1.81. The van der Waals surface area contributed by atoms with Gasteiger partial charge in [-0.05, 0) is 49.1 Å². The Morgan fingerprint density at radius 1 is 1.40 bits per heavy atom. The van der Waals surface area contributed by atoms with E-state index in [1.165, 1.54) is 30.4 Å². The number of rotatable bonds is 5. The second-order valence-electron chi connectivity index (χ2n) is 5.13. The van der Waals surface area contributed by atoms with Crippen LogP contribution in [0.15, 0.2) is 35.0 Å². The molecule has 20 heavy (non-hydrogen) atoms. The van der Waals surface area contributed by atoms with E-state index >= 15 is 0 Å². The normalized spacial score (nSPS) is 17.8. The van der Waals surface area contributed by atoms with Crippen molar-refractivity contribution in [1.82, 2.24) is 10.5 Å². The summed E-state index contributed by atoms with van der Waals surface area (Å²) >= 11 is 0. The van der Waals surface area contributed by atoms with Gasteiger partial charge in [-0.25, -0.2) is 0 Å². The topological polar surface area (TPSA) is 47.3 Å². The Kier molecular flexibility index (Phi) is 4.02. The molecule has 0 fully saturated rings. The highest BCUT2D eigenvalue weighted by Crippen LogP contribution is 2.32.